The van der Waals surface area contributed by atoms with Crippen LogP contribution in [0.15, 0.2) is 0 Å². The van der Waals surface area contributed by atoms with Crippen molar-refractivity contribution in [1.82, 2.24) is 10.6 Å². The molecule has 0 aromatic rings. The fourth-order valence-electron chi connectivity index (χ4n) is 3.58. The van der Waals surface area contributed by atoms with Gasteiger partial charge in [0, 0.05) is 31.4 Å². The molecule has 0 bridgehead atoms. The van der Waals surface area contributed by atoms with Crippen LogP contribution < -0.4 is 10.6 Å². The molecule has 4 heteroatoms. The minimum atomic E-state index is -0.110. The molecule has 0 aromatic carbocycles. The van der Waals surface area contributed by atoms with Gasteiger partial charge in [0.2, 0.25) is 0 Å². The summed E-state index contributed by atoms with van der Waals surface area (Å²) in [7, 11) is 0. The summed E-state index contributed by atoms with van der Waals surface area (Å²) in [5.74, 6) is 0. The van der Waals surface area contributed by atoms with Crippen LogP contribution in [-0.4, -0.2) is 44.2 Å². The maximum Gasteiger partial charge on any atom is 0.122 e. The Morgan fingerprint density at radius 1 is 1.06 bits per heavy atom. The van der Waals surface area contributed by atoms with E-state index in [0.29, 0.717) is 0 Å². The lowest BCUT2D eigenvalue weighted by atomic mass is 9.69. The van der Waals surface area contributed by atoms with E-state index in [0.717, 1.165) is 58.5 Å². The molecule has 3 aliphatic rings. The Morgan fingerprint density at radius 2 is 1.83 bits per heavy atom. The second-order valence-electron chi connectivity index (χ2n) is 6.73. The molecule has 4 nitrogen and oxygen atoms in total. The zero-order chi connectivity index (χ0) is 12.7. The van der Waals surface area contributed by atoms with Gasteiger partial charge in [-0.25, -0.2) is 0 Å². The van der Waals surface area contributed by atoms with Crippen LogP contribution in [0.2, 0.25) is 0 Å². The van der Waals surface area contributed by atoms with Crippen LogP contribution in [0.3, 0.4) is 0 Å². The van der Waals surface area contributed by atoms with Gasteiger partial charge in [0.15, 0.2) is 0 Å². The summed E-state index contributed by atoms with van der Waals surface area (Å²) in [4.78, 5) is 0. The fourth-order valence-corrected chi connectivity index (χ4v) is 3.58. The average Bonchev–Trinajstić information content (AvgIpc) is 2.38. The van der Waals surface area contributed by atoms with Gasteiger partial charge in [-0.15, -0.1) is 0 Å². The summed E-state index contributed by atoms with van der Waals surface area (Å²) >= 11 is 0. The molecular formula is C14H26N2O2. The highest BCUT2D eigenvalue weighted by Crippen LogP contribution is 2.47. The lowest BCUT2D eigenvalue weighted by Gasteiger charge is -2.59. The van der Waals surface area contributed by atoms with E-state index in [1.165, 1.54) is 0 Å². The van der Waals surface area contributed by atoms with Crippen LogP contribution in [0.4, 0.5) is 0 Å². The Bertz CT molecular complexity index is 305. The highest BCUT2D eigenvalue weighted by atomic mass is 16.6. The van der Waals surface area contributed by atoms with Gasteiger partial charge in [0.1, 0.15) is 11.3 Å². The van der Waals surface area contributed by atoms with Crippen LogP contribution in [0, 0.1) is 5.41 Å². The average molecular weight is 254 g/mol. The van der Waals surface area contributed by atoms with Crippen molar-refractivity contribution in [2.24, 2.45) is 5.41 Å². The van der Waals surface area contributed by atoms with Gasteiger partial charge in [0.25, 0.3) is 0 Å². The predicted molar refractivity (Wildman–Crippen MR) is 70.5 cm³/mol. The molecule has 18 heavy (non-hydrogen) atoms. The van der Waals surface area contributed by atoms with E-state index < -0.39 is 0 Å². The van der Waals surface area contributed by atoms with E-state index >= 15 is 0 Å². The first-order chi connectivity index (χ1) is 8.58. The van der Waals surface area contributed by atoms with Crippen molar-refractivity contribution in [1.29, 1.82) is 0 Å². The van der Waals surface area contributed by atoms with Gasteiger partial charge in [-0.1, -0.05) is 13.8 Å². The Labute approximate surface area is 110 Å². The number of hydrogen-bond acceptors (Lipinski definition) is 4. The fraction of sp³-hybridized carbons (Fsp3) is 1.00. The molecule has 1 atom stereocenters. The van der Waals surface area contributed by atoms with Crippen molar-refractivity contribution in [2.45, 2.75) is 50.9 Å². The highest BCUT2D eigenvalue weighted by molar-refractivity contribution is 5.05. The van der Waals surface area contributed by atoms with Gasteiger partial charge in [-0.3, -0.25) is 5.32 Å². The largest absolute Gasteiger partial charge is 0.378 e. The van der Waals surface area contributed by atoms with Crippen LogP contribution in [0.5, 0.6) is 0 Å². The van der Waals surface area contributed by atoms with Crippen molar-refractivity contribution in [3.05, 3.63) is 0 Å². The third-order valence-corrected chi connectivity index (χ3v) is 5.09. The first kappa shape index (κ1) is 12.9. The molecule has 3 rings (SSSR count). The molecular weight excluding hydrogens is 228 g/mol. The highest BCUT2D eigenvalue weighted by Gasteiger charge is 2.56. The minimum absolute atomic E-state index is 0.0894. The Morgan fingerprint density at radius 3 is 2.50 bits per heavy atom. The molecule has 2 spiro atoms. The third-order valence-electron chi connectivity index (χ3n) is 5.09. The van der Waals surface area contributed by atoms with Gasteiger partial charge >= 0.3 is 0 Å². The topological polar surface area (TPSA) is 42.5 Å². The van der Waals surface area contributed by atoms with Crippen LogP contribution in [0.1, 0.15) is 39.5 Å². The number of hydrogen-bond donors (Lipinski definition) is 2. The second kappa shape index (κ2) is 4.44. The molecule has 3 heterocycles. The van der Waals surface area contributed by atoms with Crippen molar-refractivity contribution in [3.8, 4) is 0 Å². The Kier molecular flexibility index (Phi) is 3.17. The summed E-state index contributed by atoms with van der Waals surface area (Å²) in [6.07, 6.45) is 4.38. The Balaban J connectivity index is 1.84. The summed E-state index contributed by atoms with van der Waals surface area (Å²) in [5.41, 5.74) is -0.0567. The van der Waals surface area contributed by atoms with E-state index in [2.05, 4.69) is 24.5 Å². The molecule has 3 fully saturated rings. The van der Waals surface area contributed by atoms with Crippen molar-refractivity contribution in [3.63, 3.8) is 0 Å². The zero-order valence-electron chi connectivity index (χ0n) is 11.7. The minimum Gasteiger partial charge on any atom is -0.378 e. The van der Waals surface area contributed by atoms with Crippen molar-refractivity contribution >= 4 is 0 Å². The SMILES string of the molecule is CC1(C)CNC2(CCNCC2)OC12CCCOC2. The van der Waals surface area contributed by atoms with Crippen molar-refractivity contribution in [2.75, 3.05) is 32.8 Å². The summed E-state index contributed by atoms with van der Waals surface area (Å²) in [6, 6.07) is 0. The Hall–Kier alpha value is -0.160. The standard InChI is InChI=1S/C14H26N2O2/c1-12(2)10-16-14(5-7-15-8-6-14)18-13(12)4-3-9-17-11-13/h15-16H,3-11H2,1-2H3. The smallest absolute Gasteiger partial charge is 0.122 e. The lowest BCUT2D eigenvalue weighted by Crippen LogP contribution is -2.71. The maximum atomic E-state index is 6.68. The lowest BCUT2D eigenvalue weighted by molar-refractivity contribution is -0.288. The van der Waals surface area contributed by atoms with Gasteiger partial charge < -0.3 is 14.8 Å². The van der Waals surface area contributed by atoms with E-state index in [1.54, 1.807) is 0 Å². The molecule has 104 valence electrons. The molecule has 3 aliphatic heterocycles. The van der Waals surface area contributed by atoms with Gasteiger partial charge in [-0.05, 0) is 25.9 Å². The zero-order valence-corrected chi connectivity index (χ0v) is 11.7. The first-order valence-corrected chi connectivity index (χ1v) is 7.31. The van der Waals surface area contributed by atoms with E-state index in [-0.39, 0.29) is 16.7 Å². The molecule has 2 N–H and O–H groups in total. The third kappa shape index (κ3) is 1.99. The second-order valence-corrected chi connectivity index (χ2v) is 6.73. The molecule has 0 saturated carbocycles. The van der Waals surface area contributed by atoms with Crippen molar-refractivity contribution < 1.29 is 9.47 Å². The normalized spacial score (nSPS) is 39.0. The summed E-state index contributed by atoms with van der Waals surface area (Å²) in [5, 5.41) is 7.10. The summed E-state index contributed by atoms with van der Waals surface area (Å²) in [6.45, 7) is 9.39. The van der Waals surface area contributed by atoms with Gasteiger partial charge in [-0.2, -0.15) is 0 Å². The van der Waals surface area contributed by atoms with Gasteiger partial charge in [0.05, 0.1) is 6.61 Å². The number of piperidine rings is 1. The number of nitrogens with one attached hydrogen (secondary N) is 2. The molecule has 0 aliphatic carbocycles. The quantitative estimate of drug-likeness (QED) is 0.683. The molecule has 0 aromatic heterocycles. The molecule has 1 unspecified atom stereocenters. The first-order valence-electron chi connectivity index (χ1n) is 7.31. The van der Waals surface area contributed by atoms with Crippen LogP contribution in [0.25, 0.3) is 0 Å². The molecule has 0 radical (unpaired) electrons. The number of ether oxygens (including phenoxy) is 2. The van der Waals surface area contributed by atoms with E-state index in [9.17, 15) is 0 Å². The van der Waals surface area contributed by atoms with E-state index in [4.69, 9.17) is 9.47 Å². The van der Waals surface area contributed by atoms with Crippen LogP contribution >= 0.6 is 0 Å². The maximum absolute atomic E-state index is 6.68. The molecule has 0 amide bonds. The van der Waals surface area contributed by atoms with Crippen LogP contribution in [-0.2, 0) is 9.47 Å². The predicted octanol–water partition coefficient (Wildman–Crippen LogP) is 1.26. The summed E-state index contributed by atoms with van der Waals surface area (Å²) < 4.78 is 12.4. The monoisotopic (exact) mass is 254 g/mol. The number of rotatable bonds is 0. The van der Waals surface area contributed by atoms with E-state index in [1.807, 2.05) is 0 Å². The molecule has 3 saturated heterocycles.